The number of piperidine rings is 1. The molecule has 0 unspecified atom stereocenters. The third-order valence-corrected chi connectivity index (χ3v) is 7.79. The number of hydrogen-bond acceptors (Lipinski definition) is 6. The highest BCUT2D eigenvalue weighted by atomic mass is 19.4. The van der Waals surface area contributed by atoms with E-state index < -0.39 is 36.1 Å². The van der Waals surface area contributed by atoms with Crippen LogP contribution in [0.4, 0.5) is 32.0 Å². The van der Waals surface area contributed by atoms with Crippen LogP contribution in [0.2, 0.25) is 0 Å². The zero-order chi connectivity index (χ0) is 33.5. The van der Waals surface area contributed by atoms with Gasteiger partial charge in [0.2, 0.25) is 0 Å². The van der Waals surface area contributed by atoms with Gasteiger partial charge in [0, 0.05) is 43.5 Å². The maximum atomic E-state index is 13.4. The Kier molecular flexibility index (Phi) is 11.6. The Morgan fingerprint density at radius 1 is 1.11 bits per heavy atom. The molecule has 3 aromatic rings. The average molecular weight is 657 g/mol. The first-order valence-electron chi connectivity index (χ1n) is 14.9. The number of ether oxygens (including phenoxy) is 2. The molecule has 0 spiro atoms. The number of hydrogen-bond donors (Lipinski definition) is 2. The Balaban J connectivity index is 1.28. The number of benzene rings is 1. The van der Waals surface area contributed by atoms with Crippen molar-refractivity contribution in [3.05, 3.63) is 47.4 Å². The highest BCUT2D eigenvalue weighted by Gasteiger charge is 2.39. The monoisotopic (exact) mass is 656 g/mol. The van der Waals surface area contributed by atoms with E-state index in [-0.39, 0.29) is 38.3 Å². The van der Waals surface area contributed by atoms with Gasteiger partial charge in [0.05, 0.1) is 43.1 Å². The highest BCUT2D eigenvalue weighted by molar-refractivity contribution is 5.95. The Morgan fingerprint density at radius 3 is 2.52 bits per heavy atom. The number of anilines is 1. The van der Waals surface area contributed by atoms with Crippen LogP contribution in [0.25, 0.3) is 10.9 Å². The standard InChI is InChI=1S/C31H38F6N6O3/c1-4-6-22-17-23-26(7-5-8-27(23)43(22)20-30(32,33)34)39-25-9-11-41(3)18-21(25)10-13-45-15-16-46-14-12-42-19-24(29(44)38-2)28(40-42)31(35,36)37/h5,7-8,17,19,21,25,39H,9-16,18,20H2,1-3H3,(H,38,44)/t21-,25-/m0/s1. The fraction of sp³-hybridized carbons (Fsp3) is 0.548. The molecule has 46 heavy (non-hydrogen) atoms. The minimum Gasteiger partial charge on any atom is -0.381 e. The number of nitrogens with one attached hydrogen (secondary N) is 2. The second kappa shape index (κ2) is 15.2. The molecule has 15 heteroatoms. The van der Waals surface area contributed by atoms with E-state index in [4.69, 9.17) is 9.47 Å². The number of alkyl halides is 6. The van der Waals surface area contributed by atoms with Crippen LogP contribution in [0.3, 0.4) is 0 Å². The zero-order valence-corrected chi connectivity index (χ0v) is 25.9. The molecule has 1 amide bonds. The van der Waals surface area contributed by atoms with Gasteiger partial charge in [-0.3, -0.25) is 9.48 Å². The molecule has 2 N–H and O–H groups in total. The number of aromatic nitrogens is 3. The van der Waals surface area contributed by atoms with E-state index >= 15 is 0 Å². The highest BCUT2D eigenvalue weighted by Crippen LogP contribution is 2.33. The van der Waals surface area contributed by atoms with E-state index in [2.05, 4.69) is 32.5 Å². The van der Waals surface area contributed by atoms with Crippen molar-refractivity contribution in [1.82, 2.24) is 24.6 Å². The minimum absolute atomic E-state index is 0.0285. The lowest BCUT2D eigenvalue weighted by Crippen LogP contribution is -2.45. The van der Waals surface area contributed by atoms with E-state index in [1.807, 2.05) is 13.1 Å². The number of carbonyl (C=O) groups is 1. The number of halogens is 6. The second-order valence-corrected chi connectivity index (χ2v) is 11.2. The summed E-state index contributed by atoms with van der Waals surface area (Å²) < 4.78 is 93.2. The first-order valence-corrected chi connectivity index (χ1v) is 14.9. The Hall–Kier alpha value is -3.74. The largest absolute Gasteiger partial charge is 0.435 e. The van der Waals surface area contributed by atoms with Gasteiger partial charge in [-0.1, -0.05) is 12.0 Å². The predicted octanol–water partition coefficient (Wildman–Crippen LogP) is 5.01. The number of fused-ring (bicyclic) bond motifs is 1. The lowest BCUT2D eigenvalue weighted by Gasteiger charge is -2.38. The summed E-state index contributed by atoms with van der Waals surface area (Å²) in [5, 5.41) is 9.95. The van der Waals surface area contributed by atoms with Crippen LogP contribution < -0.4 is 10.6 Å². The van der Waals surface area contributed by atoms with Crippen LogP contribution in [0, 0.1) is 17.8 Å². The maximum Gasteiger partial charge on any atom is 0.435 e. The Bertz CT molecular complexity index is 1540. The van der Waals surface area contributed by atoms with Crippen LogP contribution in [-0.2, 0) is 28.7 Å². The topological polar surface area (TPSA) is 85.6 Å². The normalized spacial score (nSPS) is 17.6. The lowest BCUT2D eigenvalue weighted by molar-refractivity contribution is -0.142. The first kappa shape index (κ1) is 35.1. The SMILES string of the molecule is CC#Cc1cc2c(N[C@H]3CCN(C)C[C@@H]3CCOCCOCCn3cc(C(=O)NC)c(C(F)(F)F)n3)cccc2n1CC(F)(F)F. The van der Waals surface area contributed by atoms with Crippen molar-refractivity contribution in [1.29, 1.82) is 0 Å². The molecule has 0 aliphatic carbocycles. The van der Waals surface area contributed by atoms with Crippen molar-refractivity contribution in [2.45, 2.75) is 51.2 Å². The van der Waals surface area contributed by atoms with Crippen molar-refractivity contribution in [2.75, 3.05) is 58.9 Å². The van der Waals surface area contributed by atoms with E-state index in [0.29, 0.717) is 23.2 Å². The first-order chi connectivity index (χ1) is 21.8. The maximum absolute atomic E-state index is 13.4. The molecule has 3 heterocycles. The summed E-state index contributed by atoms with van der Waals surface area (Å²) >= 11 is 0. The van der Waals surface area contributed by atoms with Gasteiger partial charge < -0.3 is 29.6 Å². The van der Waals surface area contributed by atoms with Crippen LogP contribution in [-0.4, -0.2) is 91.0 Å². The molecule has 1 saturated heterocycles. The molecule has 1 aliphatic rings. The summed E-state index contributed by atoms with van der Waals surface area (Å²) in [5.74, 6) is 4.84. The van der Waals surface area contributed by atoms with E-state index in [0.717, 1.165) is 42.5 Å². The second-order valence-electron chi connectivity index (χ2n) is 11.2. The number of likely N-dealkylation sites (tertiary alicyclic amines) is 1. The van der Waals surface area contributed by atoms with Gasteiger partial charge in [0.1, 0.15) is 6.54 Å². The van der Waals surface area contributed by atoms with Crippen molar-refractivity contribution in [3.8, 4) is 11.8 Å². The lowest BCUT2D eigenvalue weighted by atomic mass is 9.89. The smallest absolute Gasteiger partial charge is 0.381 e. The van der Waals surface area contributed by atoms with Gasteiger partial charge in [0.25, 0.3) is 5.91 Å². The van der Waals surface area contributed by atoms with Crippen LogP contribution in [0.1, 0.15) is 41.5 Å². The average Bonchev–Trinajstić information content (AvgIpc) is 3.57. The molecule has 2 atom stereocenters. The summed E-state index contributed by atoms with van der Waals surface area (Å²) in [6.45, 7) is 3.22. The molecule has 0 radical (unpaired) electrons. The van der Waals surface area contributed by atoms with E-state index in [9.17, 15) is 31.1 Å². The van der Waals surface area contributed by atoms with Gasteiger partial charge in [-0.2, -0.15) is 31.4 Å². The molecule has 252 valence electrons. The molecule has 2 aromatic heterocycles. The fourth-order valence-electron chi connectivity index (χ4n) is 5.65. The number of amides is 1. The van der Waals surface area contributed by atoms with Gasteiger partial charge >= 0.3 is 12.4 Å². The molecule has 4 rings (SSSR count). The number of carbonyl (C=O) groups excluding carboxylic acids is 1. The number of rotatable bonds is 13. The quantitative estimate of drug-likeness (QED) is 0.153. The molecular formula is C31H38F6N6O3. The molecule has 1 fully saturated rings. The van der Waals surface area contributed by atoms with Crippen molar-refractivity contribution >= 4 is 22.5 Å². The van der Waals surface area contributed by atoms with Gasteiger partial charge in [-0.25, -0.2) is 0 Å². The van der Waals surface area contributed by atoms with Gasteiger partial charge in [-0.15, -0.1) is 0 Å². The molecule has 1 aromatic carbocycles. The van der Waals surface area contributed by atoms with E-state index in [1.54, 1.807) is 25.1 Å². The van der Waals surface area contributed by atoms with Crippen LogP contribution >= 0.6 is 0 Å². The summed E-state index contributed by atoms with van der Waals surface area (Å²) in [7, 11) is 3.29. The molecular weight excluding hydrogens is 618 g/mol. The zero-order valence-electron chi connectivity index (χ0n) is 25.9. The summed E-state index contributed by atoms with van der Waals surface area (Å²) in [5.41, 5.74) is -0.263. The number of nitrogens with zero attached hydrogens (tertiary/aromatic N) is 4. The molecule has 0 saturated carbocycles. The van der Waals surface area contributed by atoms with Crippen molar-refractivity contribution in [2.24, 2.45) is 5.92 Å². The van der Waals surface area contributed by atoms with Crippen molar-refractivity contribution in [3.63, 3.8) is 0 Å². The molecule has 1 aliphatic heterocycles. The van der Waals surface area contributed by atoms with E-state index in [1.165, 1.54) is 11.6 Å². The fourth-order valence-corrected chi connectivity index (χ4v) is 5.65. The van der Waals surface area contributed by atoms with Gasteiger partial charge in [-0.05, 0) is 63.4 Å². The van der Waals surface area contributed by atoms with Crippen LogP contribution in [0.15, 0.2) is 30.5 Å². The summed E-state index contributed by atoms with van der Waals surface area (Å²) in [6, 6.07) is 7.07. The Morgan fingerprint density at radius 2 is 1.85 bits per heavy atom. The molecule has 9 nitrogen and oxygen atoms in total. The van der Waals surface area contributed by atoms with Gasteiger partial charge in [0.15, 0.2) is 5.69 Å². The third-order valence-electron chi connectivity index (χ3n) is 7.79. The third kappa shape index (κ3) is 9.17. The predicted molar refractivity (Wildman–Crippen MR) is 160 cm³/mol. The molecule has 0 bridgehead atoms. The van der Waals surface area contributed by atoms with Crippen LogP contribution in [0.5, 0.6) is 0 Å². The minimum atomic E-state index is -4.76. The summed E-state index contributed by atoms with van der Waals surface area (Å²) in [4.78, 5) is 14.0. The van der Waals surface area contributed by atoms with Crippen molar-refractivity contribution < 1.29 is 40.6 Å². The summed E-state index contributed by atoms with van der Waals surface area (Å²) in [6.07, 6.45) is -6.52. The Labute approximate surface area is 263 Å².